The zero-order chi connectivity index (χ0) is 24.9. The molecule has 2 N–H and O–H groups in total. The zero-order valence-electron chi connectivity index (χ0n) is 19.7. The van der Waals surface area contributed by atoms with Crippen molar-refractivity contribution in [2.45, 2.75) is 27.2 Å². The summed E-state index contributed by atoms with van der Waals surface area (Å²) in [6, 6.07) is 19.5. The number of fused-ring (bicyclic) bond motifs is 1. The fourth-order valence-corrected chi connectivity index (χ4v) is 5.04. The lowest BCUT2D eigenvalue weighted by Crippen LogP contribution is -2.34. The summed E-state index contributed by atoms with van der Waals surface area (Å²) in [5, 5.41) is 7.01. The molecule has 0 aliphatic carbocycles. The van der Waals surface area contributed by atoms with Crippen molar-refractivity contribution >= 4 is 66.4 Å². The first-order valence-corrected chi connectivity index (χ1v) is 13.3. The summed E-state index contributed by atoms with van der Waals surface area (Å²) in [5.74, 6) is 0.721. The van der Waals surface area contributed by atoms with Gasteiger partial charge in [0.05, 0.1) is 22.4 Å². The van der Waals surface area contributed by atoms with Crippen LogP contribution in [-0.2, 0) is 0 Å². The molecule has 0 spiro atoms. The Labute approximate surface area is 223 Å². The summed E-state index contributed by atoms with van der Waals surface area (Å²) in [6.45, 7) is 6.89. The molecule has 3 aromatic carbocycles. The number of nitrogens with one attached hydrogen (secondary N) is 2. The molecule has 4 rings (SSSR count). The van der Waals surface area contributed by atoms with Crippen LogP contribution >= 0.6 is 39.5 Å². The Kier molecular flexibility index (Phi) is 8.15. The highest BCUT2D eigenvalue weighted by Gasteiger charge is 2.15. The Morgan fingerprint density at radius 3 is 2.63 bits per heavy atom. The molecule has 4 aromatic rings. The fraction of sp³-hybridized carbons (Fsp3) is 0.222. The molecule has 0 radical (unpaired) electrons. The third kappa shape index (κ3) is 6.66. The summed E-state index contributed by atoms with van der Waals surface area (Å²) < 4.78 is 7.82. The lowest BCUT2D eigenvalue weighted by molar-refractivity contribution is 0.0973. The number of thiazole rings is 1. The third-order valence-corrected chi connectivity index (χ3v) is 7.06. The highest BCUT2D eigenvalue weighted by molar-refractivity contribution is 9.10. The van der Waals surface area contributed by atoms with Gasteiger partial charge >= 0.3 is 0 Å². The minimum Gasteiger partial charge on any atom is -0.493 e. The van der Waals surface area contributed by atoms with E-state index in [0.29, 0.717) is 23.8 Å². The lowest BCUT2D eigenvalue weighted by Gasteiger charge is -2.14. The largest absolute Gasteiger partial charge is 0.493 e. The Bertz CT molecular complexity index is 1370. The first-order valence-electron chi connectivity index (χ1n) is 11.3. The van der Waals surface area contributed by atoms with Crippen LogP contribution in [0.15, 0.2) is 65.1 Å². The second-order valence-corrected chi connectivity index (χ2v) is 11.0. The quantitative estimate of drug-likeness (QED) is 0.225. The summed E-state index contributed by atoms with van der Waals surface area (Å²) in [5.41, 5.74) is 4.45. The Hall–Kier alpha value is -2.81. The van der Waals surface area contributed by atoms with Crippen LogP contribution in [0.25, 0.3) is 20.8 Å². The second kappa shape index (κ2) is 11.3. The Morgan fingerprint density at radius 1 is 1.11 bits per heavy atom. The maximum atomic E-state index is 12.9. The van der Waals surface area contributed by atoms with E-state index in [4.69, 9.17) is 21.9 Å². The van der Waals surface area contributed by atoms with Gasteiger partial charge in [0.15, 0.2) is 5.11 Å². The number of rotatable bonds is 7. The minimum atomic E-state index is -0.329. The maximum absolute atomic E-state index is 12.9. The van der Waals surface area contributed by atoms with E-state index in [1.165, 1.54) is 10.3 Å². The number of amides is 1. The van der Waals surface area contributed by atoms with Crippen molar-refractivity contribution < 1.29 is 9.53 Å². The van der Waals surface area contributed by atoms with Gasteiger partial charge in [-0.1, -0.05) is 35.8 Å². The Morgan fingerprint density at radius 2 is 1.89 bits per heavy atom. The molecule has 1 amide bonds. The van der Waals surface area contributed by atoms with Crippen LogP contribution in [0.2, 0.25) is 0 Å². The van der Waals surface area contributed by atoms with Gasteiger partial charge < -0.3 is 10.1 Å². The number of carbonyl (C=O) groups excluding carboxylic acids is 1. The highest BCUT2D eigenvalue weighted by Crippen LogP contribution is 2.31. The standard InChI is InChI=1S/C27H26BrN3O2S2/c1-16(2)12-13-33-23-11-7-19(28)15-21(23)25(32)31-27(34)29-20-8-5-18(6-9-20)26-30-22-10-4-17(3)14-24(22)35-26/h4-11,14-16H,12-13H2,1-3H3,(H2,29,31,32,34). The number of hydrogen-bond acceptors (Lipinski definition) is 5. The normalized spacial score (nSPS) is 11.0. The third-order valence-electron chi connectivity index (χ3n) is 5.30. The van der Waals surface area contributed by atoms with Crippen molar-refractivity contribution in [1.82, 2.24) is 10.3 Å². The molecule has 35 heavy (non-hydrogen) atoms. The Balaban J connectivity index is 1.40. The van der Waals surface area contributed by atoms with E-state index in [1.807, 2.05) is 36.4 Å². The summed E-state index contributed by atoms with van der Waals surface area (Å²) in [4.78, 5) is 17.7. The molecule has 0 fully saturated rings. The van der Waals surface area contributed by atoms with E-state index in [-0.39, 0.29) is 11.0 Å². The number of carbonyl (C=O) groups is 1. The van der Waals surface area contributed by atoms with Crippen molar-refractivity contribution in [3.05, 3.63) is 76.3 Å². The van der Waals surface area contributed by atoms with Crippen LogP contribution in [-0.4, -0.2) is 22.6 Å². The van der Waals surface area contributed by atoms with Crippen LogP contribution in [0, 0.1) is 12.8 Å². The van der Waals surface area contributed by atoms with Gasteiger partial charge in [-0.3, -0.25) is 10.1 Å². The van der Waals surface area contributed by atoms with Crippen LogP contribution < -0.4 is 15.4 Å². The number of ether oxygens (including phenoxy) is 1. The second-order valence-electron chi connectivity index (χ2n) is 8.65. The fourth-order valence-electron chi connectivity index (χ4n) is 3.39. The first-order chi connectivity index (χ1) is 16.8. The molecule has 8 heteroatoms. The number of thiocarbonyl (C=S) groups is 1. The molecule has 0 saturated heterocycles. The van der Waals surface area contributed by atoms with E-state index in [1.54, 1.807) is 23.5 Å². The number of nitrogens with zero attached hydrogens (tertiary/aromatic N) is 1. The number of aromatic nitrogens is 1. The number of hydrogen-bond donors (Lipinski definition) is 2. The van der Waals surface area contributed by atoms with Gasteiger partial charge in [0.2, 0.25) is 0 Å². The van der Waals surface area contributed by atoms with Gasteiger partial charge in [0.25, 0.3) is 5.91 Å². The molecule has 0 atom stereocenters. The van der Waals surface area contributed by atoms with Gasteiger partial charge in [-0.05, 0) is 91.6 Å². The molecule has 0 aliphatic rings. The summed E-state index contributed by atoms with van der Waals surface area (Å²) in [6.07, 6.45) is 0.906. The van der Waals surface area contributed by atoms with E-state index in [2.05, 4.69) is 59.5 Å². The average molecular weight is 569 g/mol. The van der Waals surface area contributed by atoms with Crippen molar-refractivity contribution in [2.75, 3.05) is 11.9 Å². The highest BCUT2D eigenvalue weighted by atomic mass is 79.9. The molecule has 180 valence electrons. The molecule has 1 heterocycles. The van der Waals surface area contributed by atoms with Crippen LogP contribution in [0.1, 0.15) is 36.2 Å². The van der Waals surface area contributed by atoms with E-state index in [0.717, 1.165) is 32.7 Å². The maximum Gasteiger partial charge on any atom is 0.261 e. The van der Waals surface area contributed by atoms with E-state index < -0.39 is 0 Å². The van der Waals surface area contributed by atoms with Crippen LogP contribution in [0.5, 0.6) is 5.75 Å². The van der Waals surface area contributed by atoms with Gasteiger partial charge in [-0.25, -0.2) is 4.98 Å². The van der Waals surface area contributed by atoms with Crippen LogP contribution in [0.4, 0.5) is 5.69 Å². The monoisotopic (exact) mass is 567 g/mol. The van der Waals surface area contributed by atoms with Gasteiger partial charge in [-0.15, -0.1) is 11.3 Å². The van der Waals surface area contributed by atoms with Crippen molar-refractivity contribution in [2.24, 2.45) is 5.92 Å². The summed E-state index contributed by atoms with van der Waals surface area (Å²) in [7, 11) is 0. The molecule has 0 unspecified atom stereocenters. The molecular formula is C27H26BrN3O2S2. The smallest absolute Gasteiger partial charge is 0.261 e. The van der Waals surface area contributed by atoms with Gasteiger partial charge in [-0.2, -0.15) is 0 Å². The topological polar surface area (TPSA) is 63.2 Å². The van der Waals surface area contributed by atoms with Crippen molar-refractivity contribution in [3.8, 4) is 16.3 Å². The average Bonchev–Trinajstić information content (AvgIpc) is 3.23. The zero-order valence-corrected chi connectivity index (χ0v) is 22.9. The first kappa shape index (κ1) is 25.3. The lowest BCUT2D eigenvalue weighted by atomic mass is 10.1. The predicted octanol–water partition coefficient (Wildman–Crippen LogP) is 7.59. The molecule has 0 bridgehead atoms. The summed E-state index contributed by atoms with van der Waals surface area (Å²) >= 11 is 10.5. The minimum absolute atomic E-state index is 0.214. The number of benzene rings is 3. The number of anilines is 1. The van der Waals surface area contributed by atoms with E-state index >= 15 is 0 Å². The van der Waals surface area contributed by atoms with Crippen molar-refractivity contribution in [3.63, 3.8) is 0 Å². The number of halogens is 1. The SMILES string of the molecule is Cc1ccc2nc(-c3ccc(NC(=S)NC(=O)c4cc(Br)ccc4OCCC(C)C)cc3)sc2c1. The van der Waals surface area contributed by atoms with Crippen LogP contribution in [0.3, 0.4) is 0 Å². The van der Waals surface area contributed by atoms with Gasteiger partial charge in [0.1, 0.15) is 10.8 Å². The predicted molar refractivity (Wildman–Crippen MR) is 153 cm³/mol. The van der Waals surface area contributed by atoms with E-state index in [9.17, 15) is 4.79 Å². The molecular weight excluding hydrogens is 542 g/mol. The van der Waals surface area contributed by atoms with Gasteiger partial charge in [0, 0.05) is 15.7 Å². The molecule has 5 nitrogen and oxygen atoms in total. The molecule has 0 saturated carbocycles. The number of aryl methyl sites for hydroxylation is 1. The molecule has 1 aromatic heterocycles. The van der Waals surface area contributed by atoms with Crippen molar-refractivity contribution in [1.29, 1.82) is 0 Å². The molecule has 0 aliphatic heterocycles.